The molecule has 0 fully saturated rings. The van der Waals surface area contributed by atoms with Crippen molar-refractivity contribution in [2.45, 2.75) is 40.3 Å². The van der Waals surface area contributed by atoms with Gasteiger partial charge in [-0.1, -0.05) is 39.8 Å². The molecule has 0 spiro atoms. The van der Waals surface area contributed by atoms with Crippen molar-refractivity contribution in [2.75, 3.05) is 27.3 Å². The number of hydrogen-bond donors (Lipinski definition) is 1. The van der Waals surface area contributed by atoms with Crippen molar-refractivity contribution in [1.82, 2.24) is 4.90 Å². The molecule has 0 amide bonds. The summed E-state index contributed by atoms with van der Waals surface area (Å²) in [5.41, 5.74) is 1.08. The van der Waals surface area contributed by atoms with Gasteiger partial charge in [-0.2, -0.15) is 0 Å². The van der Waals surface area contributed by atoms with Gasteiger partial charge in [0.05, 0.1) is 20.3 Å². The molecule has 0 aliphatic heterocycles. The van der Waals surface area contributed by atoms with Crippen molar-refractivity contribution in [1.29, 1.82) is 0 Å². The highest BCUT2D eigenvalue weighted by Crippen LogP contribution is 2.31. The van der Waals surface area contributed by atoms with E-state index in [0.717, 1.165) is 30.2 Å². The van der Waals surface area contributed by atoms with E-state index < -0.39 is 0 Å². The Hall–Kier alpha value is -1.26. The number of hydrogen-bond acceptors (Lipinski definition) is 4. The Morgan fingerprint density at radius 1 is 1.05 bits per heavy atom. The molecule has 1 rings (SSSR count). The van der Waals surface area contributed by atoms with Crippen LogP contribution in [-0.2, 0) is 6.54 Å². The second-order valence-electron chi connectivity index (χ2n) is 6.55. The Morgan fingerprint density at radius 2 is 1.73 bits per heavy atom. The van der Waals surface area contributed by atoms with Crippen LogP contribution in [0.2, 0.25) is 0 Å². The predicted molar refractivity (Wildman–Crippen MR) is 90.5 cm³/mol. The molecule has 0 aromatic heterocycles. The maximum Gasteiger partial charge on any atom is 0.165 e. The van der Waals surface area contributed by atoms with Crippen LogP contribution in [0.4, 0.5) is 0 Å². The zero-order chi connectivity index (χ0) is 16.7. The van der Waals surface area contributed by atoms with Gasteiger partial charge in [-0.05, 0) is 17.9 Å². The largest absolute Gasteiger partial charge is 0.493 e. The van der Waals surface area contributed by atoms with E-state index in [0.29, 0.717) is 12.5 Å². The minimum Gasteiger partial charge on any atom is -0.493 e. The number of aliphatic hydroxyl groups is 1. The molecule has 126 valence electrons. The topological polar surface area (TPSA) is 41.9 Å². The lowest BCUT2D eigenvalue weighted by atomic mass is 10.1. The van der Waals surface area contributed by atoms with E-state index >= 15 is 0 Å². The molecule has 1 N–H and O–H groups in total. The molecule has 0 saturated carbocycles. The SMILES string of the molecule is COc1cccc(CN(CC(C)C)C[C@@H](O)C(C)C)c1OC. The van der Waals surface area contributed by atoms with Crippen LogP contribution in [0.5, 0.6) is 11.5 Å². The molecule has 4 heteroatoms. The summed E-state index contributed by atoms with van der Waals surface area (Å²) in [6, 6.07) is 5.93. The van der Waals surface area contributed by atoms with Crippen molar-refractivity contribution in [3.05, 3.63) is 23.8 Å². The van der Waals surface area contributed by atoms with Gasteiger partial charge >= 0.3 is 0 Å². The van der Waals surface area contributed by atoms with Crippen LogP contribution in [0.3, 0.4) is 0 Å². The lowest BCUT2D eigenvalue weighted by Crippen LogP contribution is -2.37. The van der Waals surface area contributed by atoms with Gasteiger partial charge in [-0.3, -0.25) is 4.90 Å². The van der Waals surface area contributed by atoms with Crippen molar-refractivity contribution >= 4 is 0 Å². The van der Waals surface area contributed by atoms with E-state index in [4.69, 9.17) is 9.47 Å². The molecule has 0 unspecified atom stereocenters. The summed E-state index contributed by atoms with van der Waals surface area (Å²) in [7, 11) is 3.31. The summed E-state index contributed by atoms with van der Waals surface area (Å²) >= 11 is 0. The molecule has 1 atom stereocenters. The second kappa shape index (κ2) is 9.01. The first-order valence-electron chi connectivity index (χ1n) is 7.99. The molecule has 0 radical (unpaired) electrons. The summed E-state index contributed by atoms with van der Waals surface area (Å²) in [5, 5.41) is 10.2. The minimum atomic E-state index is -0.324. The molecule has 1 aromatic rings. The minimum absolute atomic E-state index is 0.252. The number of aliphatic hydroxyl groups excluding tert-OH is 1. The highest BCUT2D eigenvalue weighted by Gasteiger charge is 2.18. The Labute approximate surface area is 135 Å². The van der Waals surface area contributed by atoms with Crippen LogP contribution in [0.1, 0.15) is 33.3 Å². The zero-order valence-electron chi connectivity index (χ0n) is 14.8. The number of nitrogens with zero attached hydrogens (tertiary/aromatic N) is 1. The molecule has 0 aliphatic carbocycles. The quantitative estimate of drug-likeness (QED) is 0.761. The van der Waals surface area contributed by atoms with Crippen LogP contribution in [-0.4, -0.2) is 43.4 Å². The Bertz CT molecular complexity index is 446. The van der Waals surface area contributed by atoms with E-state index in [2.05, 4.69) is 24.8 Å². The number of methoxy groups -OCH3 is 2. The number of benzene rings is 1. The van der Waals surface area contributed by atoms with Crippen LogP contribution < -0.4 is 9.47 Å². The number of ether oxygens (including phenoxy) is 2. The standard InChI is InChI=1S/C18H31NO3/c1-13(2)10-19(12-16(20)14(3)4)11-15-8-7-9-17(21-5)18(15)22-6/h7-9,13-14,16,20H,10-12H2,1-6H3/t16-/m1/s1. The van der Waals surface area contributed by atoms with Gasteiger partial charge in [-0.25, -0.2) is 0 Å². The monoisotopic (exact) mass is 309 g/mol. The van der Waals surface area contributed by atoms with Gasteiger partial charge in [0.2, 0.25) is 0 Å². The van der Waals surface area contributed by atoms with E-state index in [1.807, 2.05) is 26.0 Å². The van der Waals surface area contributed by atoms with Gasteiger partial charge in [0, 0.05) is 25.2 Å². The van der Waals surface area contributed by atoms with Crippen molar-refractivity contribution in [3.63, 3.8) is 0 Å². The molecule has 4 nitrogen and oxygen atoms in total. The maximum atomic E-state index is 10.2. The number of rotatable bonds is 9. The molecular weight excluding hydrogens is 278 g/mol. The predicted octanol–water partition coefficient (Wildman–Crippen LogP) is 3.18. The van der Waals surface area contributed by atoms with E-state index in [1.54, 1.807) is 14.2 Å². The van der Waals surface area contributed by atoms with Crippen LogP contribution in [0.25, 0.3) is 0 Å². The highest BCUT2D eigenvalue weighted by atomic mass is 16.5. The molecule has 0 bridgehead atoms. The maximum absolute atomic E-state index is 10.2. The summed E-state index contributed by atoms with van der Waals surface area (Å²) < 4.78 is 10.9. The molecular formula is C18H31NO3. The molecule has 0 aliphatic rings. The molecule has 0 heterocycles. The first-order valence-corrected chi connectivity index (χ1v) is 7.99. The van der Waals surface area contributed by atoms with Gasteiger partial charge in [0.15, 0.2) is 11.5 Å². The Kier molecular flexibility index (Phi) is 7.69. The lowest BCUT2D eigenvalue weighted by Gasteiger charge is -2.29. The van der Waals surface area contributed by atoms with E-state index in [1.165, 1.54) is 0 Å². The summed E-state index contributed by atoms with van der Waals surface area (Å²) in [6.07, 6.45) is -0.324. The summed E-state index contributed by atoms with van der Waals surface area (Å²) in [4.78, 5) is 2.28. The summed E-state index contributed by atoms with van der Waals surface area (Å²) in [5.74, 6) is 2.31. The Balaban J connectivity index is 2.93. The first kappa shape index (κ1) is 18.8. The average molecular weight is 309 g/mol. The smallest absolute Gasteiger partial charge is 0.165 e. The van der Waals surface area contributed by atoms with Crippen LogP contribution in [0, 0.1) is 11.8 Å². The second-order valence-corrected chi connectivity index (χ2v) is 6.55. The molecule has 22 heavy (non-hydrogen) atoms. The molecule has 1 aromatic carbocycles. The first-order chi connectivity index (χ1) is 10.4. The Morgan fingerprint density at radius 3 is 2.23 bits per heavy atom. The fourth-order valence-corrected chi connectivity index (χ4v) is 2.51. The highest BCUT2D eigenvalue weighted by molar-refractivity contribution is 5.46. The summed E-state index contributed by atoms with van der Waals surface area (Å²) in [6.45, 7) is 10.8. The van der Waals surface area contributed by atoms with Gasteiger partial charge in [0.25, 0.3) is 0 Å². The average Bonchev–Trinajstić information content (AvgIpc) is 2.45. The van der Waals surface area contributed by atoms with Crippen molar-refractivity contribution < 1.29 is 14.6 Å². The zero-order valence-corrected chi connectivity index (χ0v) is 14.8. The third kappa shape index (κ3) is 5.50. The van der Waals surface area contributed by atoms with E-state index in [9.17, 15) is 5.11 Å². The van der Waals surface area contributed by atoms with Gasteiger partial charge in [0.1, 0.15) is 0 Å². The van der Waals surface area contributed by atoms with Crippen molar-refractivity contribution in [3.8, 4) is 11.5 Å². The lowest BCUT2D eigenvalue weighted by molar-refractivity contribution is 0.0678. The third-order valence-electron chi connectivity index (χ3n) is 3.72. The number of para-hydroxylation sites is 1. The van der Waals surface area contributed by atoms with Crippen LogP contribution in [0.15, 0.2) is 18.2 Å². The van der Waals surface area contributed by atoms with Crippen LogP contribution >= 0.6 is 0 Å². The van der Waals surface area contributed by atoms with E-state index in [-0.39, 0.29) is 12.0 Å². The van der Waals surface area contributed by atoms with Gasteiger partial charge < -0.3 is 14.6 Å². The van der Waals surface area contributed by atoms with Gasteiger partial charge in [-0.15, -0.1) is 0 Å². The normalized spacial score (nSPS) is 13.0. The fourth-order valence-electron chi connectivity index (χ4n) is 2.51. The van der Waals surface area contributed by atoms with Crippen molar-refractivity contribution in [2.24, 2.45) is 11.8 Å². The fraction of sp³-hybridized carbons (Fsp3) is 0.667. The molecule has 0 saturated heterocycles. The third-order valence-corrected chi connectivity index (χ3v) is 3.72.